The van der Waals surface area contributed by atoms with Gasteiger partial charge in [0, 0.05) is 36.2 Å². The molecule has 0 saturated carbocycles. The molecule has 6 nitrogen and oxygen atoms in total. The SMILES string of the molecule is CC(=O)Nc1cccc(Nc2nccc(Nc3ccc(F)c(F)c3)n2)c1. The Morgan fingerprint density at radius 1 is 0.923 bits per heavy atom. The summed E-state index contributed by atoms with van der Waals surface area (Å²) in [6.07, 6.45) is 1.52. The molecule has 3 N–H and O–H groups in total. The van der Waals surface area contributed by atoms with E-state index in [1.165, 1.54) is 19.2 Å². The summed E-state index contributed by atoms with van der Waals surface area (Å²) in [5.41, 5.74) is 1.68. The van der Waals surface area contributed by atoms with E-state index >= 15 is 0 Å². The number of nitrogens with one attached hydrogen (secondary N) is 3. The molecule has 0 fully saturated rings. The summed E-state index contributed by atoms with van der Waals surface area (Å²) in [4.78, 5) is 19.5. The molecular formula is C18H15F2N5O. The molecule has 132 valence electrons. The Morgan fingerprint density at radius 2 is 1.69 bits per heavy atom. The summed E-state index contributed by atoms with van der Waals surface area (Å²) in [6, 6.07) is 12.1. The number of hydrogen-bond donors (Lipinski definition) is 3. The van der Waals surface area contributed by atoms with Gasteiger partial charge in [-0.1, -0.05) is 6.07 Å². The average Bonchev–Trinajstić information content (AvgIpc) is 2.58. The summed E-state index contributed by atoms with van der Waals surface area (Å²) in [5, 5.41) is 8.58. The summed E-state index contributed by atoms with van der Waals surface area (Å²) in [6.45, 7) is 1.43. The Balaban J connectivity index is 1.75. The van der Waals surface area contributed by atoms with E-state index in [-0.39, 0.29) is 5.91 Å². The van der Waals surface area contributed by atoms with Gasteiger partial charge in [-0.05, 0) is 36.4 Å². The second kappa shape index (κ2) is 7.56. The number of anilines is 5. The van der Waals surface area contributed by atoms with Crippen LogP contribution in [0.3, 0.4) is 0 Å². The summed E-state index contributed by atoms with van der Waals surface area (Å²) >= 11 is 0. The number of hydrogen-bond acceptors (Lipinski definition) is 5. The highest BCUT2D eigenvalue weighted by atomic mass is 19.2. The van der Waals surface area contributed by atoms with Crippen LogP contribution in [-0.2, 0) is 4.79 Å². The predicted octanol–water partition coefficient (Wildman–Crippen LogP) is 4.20. The highest BCUT2D eigenvalue weighted by Gasteiger charge is 2.05. The highest BCUT2D eigenvalue weighted by Crippen LogP contribution is 2.21. The van der Waals surface area contributed by atoms with Crippen molar-refractivity contribution in [3.05, 3.63) is 66.4 Å². The number of nitrogens with zero attached hydrogens (tertiary/aromatic N) is 2. The van der Waals surface area contributed by atoms with Crippen molar-refractivity contribution in [2.75, 3.05) is 16.0 Å². The van der Waals surface area contributed by atoms with Crippen LogP contribution in [0.25, 0.3) is 0 Å². The van der Waals surface area contributed by atoms with Crippen molar-refractivity contribution in [3.8, 4) is 0 Å². The molecule has 8 heteroatoms. The molecule has 0 saturated heterocycles. The molecular weight excluding hydrogens is 340 g/mol. The standard InChI is InChI=1S/C18H15F2N5O/c1-11(26)22-12-3-2-4-13(9-12)24-18-21-8-7-17(25-18)23-14-5-6-15(19)16(20)10-14/h2-10H,1H3,(H,22,26)(H2,21,23,24,25). The van der Waals surface area contributed by atoms with Gasteiger partial charge < -0.3 is 16.0 Å². The van der Waals surface area contributed by atoms with E-state index in [0.717, 1.165) is 12.1 Å². The molecule has 2 aromatic carbocycles. The monoisotopic (exact) mass is 355 g/mol. The zero-order valence-electron chi connectivity index (χ0n) is 13.8. The van der Waals surface area contributed by atoms with Gasteiger partial charge in [-0.15, -0.1) is 0 Å². The van der Waals surface area contributed by atoms with E-state index in [1.54, 1.807) is 30.3 Å². The molecule has 1 amide bonds. The van der Waals surface area contributed by atoms with Gasteiger partial charge in [-0.3, -0.25) is 4.79 Å². The minimum Gasteiger partial charge on any atom is -0.340 e. The molecule has 3 aromatic rings. The zero-order valence-corrected chi connectivity index (χ0v) is 13.8. The molecule has 0 aliphatic carbocycles. The molecule has 0 spiro atoms. The molecule has 1 heterocycles. The normalized spacial score (nSPS) is 10.3. The number of benzene rings is 2. The first kappa shape index (κ1) is 17.3. The summed E-state index contributed by atoms with van der Waals surface area (Å²) < 4.78 is 26.3. The minimum atomic E-state index is -0.947. The van der Waals surface area contributed by atoms with Crippen molar-refractivity contribution in [1.29, 1.82) is 0 Å². The van der Waals surface area contributed by atoms with Crippen molar-refractivity contribution in [2.24, 2.45) is 0 Å². The first-order chi connectivity index (χ1) is 12.5. The van der Waals surface area contributed by atoms with Crippen LogP contribution in [0.15, 0.2) is 54.7 Å². The van der Waals surface area contributed by atoms with Gasteiger partial charge in [-0.2, -0.15) is 4.98 Å². The lowest BCUT2D eigenvalue weighted by Gasteiger charge is -2.10. The first-order valence-electron chi connectivity index (χ1n) is 7.69. The Morgan fingerprint density at radius 3 is 2.46 bits per heavy atom. The van der Waals surface area contributed by atoms with Crippen molar-refractivity contribution < 1.29 is 13.6 Å². The van der Waals surface area contributed by atoms with E-state index < -0.39 is 11.6 Å². The van der Waals surface area contributed by atoms with Gasteiger partial charge in [0.2, 0.25) is 11.9 Å². The number of halogens is 2. The number of amides is 1. The Hall–Kier alpha value is -3.55. The molecule has 3 rings (SSSR count). The quantitative estimate of drug-likeness (QED) is 0.639. The average molecular weight is 355 g/mol. The van der Waals surface area contributed by atoms with E-state index in [1.807, 2.05) is 0 Å². The van der Waals surface area contributed by atoms with Crippen molar-refractivity contribution >= 4 is 34.7 Å². The van der Waals surface area contributed by atoms with Gasteiger partial charge in [0.05, 0.1) is 0 Å². The third-order valence-electron chi connectivity index (χ3n) is 3.29. The lowest BCUT2D eigenvalue weighted by molar-refractivity contribution is -0.114. The number of carbonyl (C=O) groups excluding carboxylic acids is 1. The smallest absolute Gasteiger partial charge is 0.229 e. The molecule has 0 radical (unpaired) electrons. The summed E-state index contributed by atoms with van der Waals surface area (Å²) in [5.74, 6) is -1.32. The molecule has 0 unspecified atom stereocenters. The van der Waals surface area contributed by atoms with Crippen molar-refractivity contribution in [2.45, 2.75) is 6.92 Å². The molecule has 0 aliphatic heterocycles. The minimum absolute atomic E-state index is 0.170. The maximum atomic E-state index is 13.3. The Kier molecular flexibility index (Phi) is 5.02. The van der Waals surface area contributed by atoms with Gasteiger partial charge in [0.25, 0.3) is 0 Å². The number of rotatable bonds is 5. The third-order valence-corrected chi connectivity index (χ3v) is 3.29. The fourth-order valence-electron chi connectivity index (χ4n) is 2.22. The van der Waals surface area contributed by atoms with E-state index in [0.29, 0.717) is 28.8 Å². The molecule has 26 heavy (non-hydrogen) atoms. The number of aromatic nitrogens is 2. The van der Waals surface area contributed by atoms with Crippen LogP contribution in [0.1, 0.15) is 6.92 Å². The van der Waals surface area contributed by atoms with Crippen LogP contribution in [0.2, 0.25) is 0 Å². The van der Waals surface area contributed by atoms with Gasteiger partial charge in [0.15, 0.2) is 11.6 Å². The lowest BCUT2D eigenvalue weighted by atomic mass is 10.2. The Bertz CT molecular complexity index is 948. The topological polar surface area (TPSA) is 78.9 Å². The summed E-state index contributed by atoms with van der Waals surface area (Å²) in [7, 11) is 0. The van der Waals surface area contributed by atoms with Crippen LogP contribution in [0.4, 0.5) is 37.6 Å². The van der Waals surface area contributed by atoms with E-state index in [2.05, 4.69) is 25.9 Å². The van der Waals surface area contributed by atoms with Crippen molar-refractivity contribution in [1.82, 2.24) is 9.97 Å². The van der Waals surface area contributed by atoms with E-state index in [9.17, 15) is 13.6 Å². The molecule has 1 aromatic heterocycles. The second-order valence-corrected chi connectivity index (χ2v) is 5.41. The molecule has 0 aliphatic rings. The Labute approximate surface area is 148 Å². The maximum absolute atomic E-state index is 13.3. The second-order valence-electron chi connectivity index (χ2n) is 5.41. The van der Waals surface area contributed by atoms with Crippen LogP contribution in [0, 0.1) is 11.6 Å². The maximum Gasteiger partial charge on any atom is 0.229 e. The van der Waals surface area contributed by atoms with Crippen LogP contribution in [-0.4, -0.2) is 15.9 Å². The van der Waals surface area contributed by atoms with Gasteiger partial charge >= 0.3 is 0 Å². The van der Waals surface area contributed by atoms with Crippen LogP contribution in [0.5, 0.6) is 0 Å². The zero-order chi connectivity index (χ0) is 18.5. The van der Waals surface area contributed by atoms with Crippen LogP contribution < -0.4 is 16.0 Å². The van der Waals surface area contributed by atoms with E-state index in [4.69, 9.17) is 0 Å². The third kappa shape index (κ3) is 4.50. The molecule has 0 atom stereocenters. The fourth-order valence-corrected chi connectivity index (χ4v) is 2.22. The van der Waals surface area contributed by atoms with Gasteiger partial charge in [-0.25, -0.2) is 13.8 Å². The first-order valence-corrected chi connectivity index (χ1v) is 7.69. The van der Waals surface area contributed by atoms with Gasteiger partial charge in [0.1, 0.15) is 5.82 Å². The largest absolute Gasteiger partial charge is 0.340 e. The van der Waals surface area contributed by atoms with Crippen molar-refractivity contribution in [3.63, 3.8) is 0 Å². The fraction of sp³-hybridized carbons (Fsp3) is 0.0556. The predicted molar refractivity (Wildman–Crippen MR) is 95.7 cm³/mol. The number of carbonyl (C=O) groups is 1. The molecule has 0 bridgehead atoms. The van der Waals surface area contributed by atoms with Crippen LogP contribution >= 0.6 is 0 Å². The lowest BCUT2D eigenvalue weighted by Crippen LogP contribution is -2.06. The highest BCUT2D eigenvalue weighted by molar-refractivity contribution is 5.89.